The number of anilines is 2. The molecule has 0 fully saturated rings. The average Bonchev–Trinajstić information content (AvgIpc) is 2.54. The summed E-state index contributed by atoms with van der Waals surface area (Å²) >= 11 is 0. The number of nitrogens with zero attached hydrogens (tertiary/aromatic N) is 2. The lowest BCUT2D eigenvalue weighted by Gasteiger charge is -2.19. The summed E-state index contributed by atoms with van der Waals surface area (Å²) < 4.78 is 0. The number of hydrogen-bond acceptors (Lipinski definition) is 4. The summed E-state index contributed by atoms with van der Waals surface area (Å²) in [6.45, 7) is 7.14. The van der Waals surface area contributed by atoms with Crippen LogP contribution in [0.3, 0.4) is 0 Å². The van der Waals surface area contributed by atoms with Crippen molar-refractivity contribution in [3.8, 4) is 6.07 Å². The topological polar surface area (TPSA) is 85.2 Å². The van der Waals surface area contributed by atoms with Gasteiger partial charge in [-0.15, -0.1) is 0 Å². The summed E-state index contributed by atoms with van der Waals surface area (Å²) in [5, 5.41) is 14.6. The first-order valence-corrected chi connectivity index (χ1v) is 8.05. The van der Waals surface area contributed by atoms with Gasteiger partial charge in [-0.25, -0.2) is 0 Å². The molecule has 128 valence electrons. The van der Waals surface area contributed by atoms with E-state index in [4.69, 9.17) is 0 Å². The van der Waals surface area contributed by atoms with Crippen molar-refractivity contribution in [3.63, 3.8) is 0 Å². The minimum atomic E-state index is -0.443. The van der Waals surface area contributed by atoms with Gasteiger partial charge in [0.15, 0.2) is 0 Å². The van der Waals surface area contributed by atoms with Gasteiger partial charge in [-0.1, -0.05) is 13.8 Å². The van der Waals surface area contributed by atoms with Crippen LogP contribution in [0.1, 0.15) is 33.6 Å². The first kappa shape index (κ1) is 19.2. The van der Waals surface area contributed by atoms with E-state index in [-0.39, 0.29) is 11.5 Å². The molecule has 0 unspecified atom stereocenters. The largest absolute Gasteiger partial charge is 0.376 e. The maximum absolute atomic E-state index is 12.3. The Balaban J connectivity index is 2.79. The highest BCUT2D eigenvalue weighted by molar-refractivity contribution is 6.06. The molecule has 0 aliphatic heterocycles. The number of rotatable bonds is 8. The summed E-state index contributed by atoms with van der Waals surface area (Å²) in [6.07, 6.45) is 3.51. The maximum atomic E-state index is 12.3. The zero-order chi connectivity index (χ0) is 17.9. The van der Waals surface area contributed by atoms with Crippen LogP contribution in [0.25, 0.3) is 0 Å². The molecule has 0 atom stereocenters. The van der Waals surface area contributed by atoms with Crippen LogP contribution in [0.5, 0.6) is 0 Å². The number of hydrogen-bond donors (Lipinski definition) is 2. The summed E-state index contributed by atoms with van der Waals surface area (Å²) in [6, 6.07) is 8.68. The van der Waals surface area contributed by atoms with Crippen LogP contribution >= 0.6 is 0 Å². The van der Waals surface area contributed by atoms with Crippen LogP contribution < -0.4 is 10.6 Å². The van der Waals surface area contributed by atoms with E-state index in [0.29, 0.717) is 11.4 Å². The van der Waals surface area contributed by atoms with E-state index in [1.54, 1.807) is 30.5 Å². The molecule has 0 aromatic heterocycles. The summed E-state index contributed by atoms with van der Waals surface area (Å²) in [5.74, 6) is -0.601. The average molecular weight is 328 g/mol. The van der Waals surface area contributed by atoms with E-state index in [2.05, 4.69) is 24.5 Å². The van der Waals surface area contributed by atoms with Crippen LogP contribution in [-0.4, -0.2) is 29.8 Å². The molecule has 6 nitrogen and oxygen atoms in total. The van der Waals surface area contributed by atoms with Gasteiger partial charge in [0, 0.05) is 37.6 Å². The third kappa shape index (κ3) is 6.53. The summed E-state index contributed by atoms with van der Waals surface area (Å²) in [4.78, 5) is 25.2. The molecule has 24 heavy (non-hydrogen) atoms. The highest BCUT2D eigenvalue weighted by Crippen LogP contribution is 2.14. The molecule has 0 radical (unpaired) electrons. The van der Waals surface area contributed by atoms with Gasteiger partial charge in [-0.2, -0.15) is 5.26 Å². The Hall–Kier alpha value is -2.81. The van der Waals surface area contributed by atoms with Crippen molar-refractivity contribution in [3.05, 3.63) is 36.0 Å². The Morgan fingerprint density at radius 1 is 1.08 bits per heavy atom. The fraction of sp³-hybridized carbons (Fsp3) is 0.389. The SMILES string of the molecule is CCCN(/C=C(/C#N)C(=O)Nc1ccc(NC(C)=O)cc1)CCC. The molecule has 0 heterocycles. The van der Waals surface area contributed by atoms with Gasteiger partial charge in [-0.3, -0.25) is 9.59 Å². The second-order valence-corrected chi connectivity index (χ2v) is 5.40. The smallest absolute Gasteiger partial charge is 0.267 e. The fourth-order valence-corrected chi connectivity index (χ4v) is 2.17. The highest BCUT2D eigenvalue weighted by Gasteiger charge is 2.11. The third-order valence-corrected chi connectivity index (χ3v) is 3.16. The molecule has 0 aliphatic rings. The van der Waals surface area contributed by atoms with Gasteiger partial charge in [-0.05, 0) is 37.1 Å². The molecule has 0 spiro atoms. The monoisotopic (exact) mass is 328 g/mol. The normalized spacial score (nSPS) is 10.7. The quantitative estimate of drug-likeness (QED) is 0.567. The first-order chi connectivity index (χ1) is 11.5. The minimum Gasteiger partial charge on any atom is -0.376 e. The third-order valence-electron chi connectivity index (χ3n) is 3.16. The van der Waals surface area contributed by atoms with Crippen molar-refractivity contribution < 1.29 is 9.59 Å². The Morgan fingerprint density at radius 2 is 1.58 bits per heavy atom. The lowest BCUT2D eigenvalue weighted by atomic mass is 10.2. The number of nitrogens with one attached hydrogen (secondary N) is 2. The molecule has 0 aliphatic carbocycles. The van der Waals surface area contributed by atoms with E-state index in [0.717, 1.165) is 25.9 Å². The van der Waals surface area contributed by atoms with Crippen LogP contribution in [0.2, 0.25) is 0 Å². The van der Waals surface area contributed by atoms with Crippen molar-refractivity contribution in [1.29, 1.82) is 5.26 Å². The Labute approximate surface area is 143 Å². The fourth-order valence-electron chi connectivity index (χ4n) is 2.17. The molecule has 0 bridgehead atoms. The second kappa shape index (κ2) is 10.1. The van der Waals surface area contributed by atoms with E-state index in [1.807, 2.05) is 11.0 Å². The van der Waals surface area contributed by atoms with Crippen molar-refractivity contribution in [1.82, 2.24) is 4.90 Å². The molecular weight excluding hydrogens is 304 g/mol. The van der Waals surface area contributed by atoms with E-state index >= 15 is 0 Å². The van der Waals surface area contributed by atoms with E-state index in [1.165, 1.54) is 6.92 Å². The second-order valence-electron chi connectivity index (χ2n) is 5.40. The molecule has 1 rings (SSSR count). The summed E-state index contributed by atoms with van der Waals surface area (Å²) in [7, 11) is 0. The molecule has 1 aromatic rings. The number of nitriles is 1. The number of benzene rings is 1. The van der Waals surface area contributed by atoms with Crippen LogP contribution in [-0.2, 0) is 9.59 Å². The Bertz CT molecular complexity index is 623. The van der Waals surface area contributed by atoms with Gasteiger partial charge in [0.25, 0.3) is 5.91 Å². The number of carbonyl (C=O) groups is 2. The molecule has 0 saturated carbocycles. The molecule has 2 amide bonds. The Morgan fingerprint density at radius 3 is 2.00 bits per heavy atom. The van der Waals surface area contributed by atoms with Crippen LogP contribution in [0, 0.1) is 11.3 Å². The summed E-state index contributed by atoms with van der Waals surface area (Å²) in [5.41, 5.74) is 1.28. The van der Waals surface area contributed by atoms with Crippen LogP contribution in [0.4, 0.5) is 11.4 Å². The predicted molar refractivity (Wildman–Crippen MR) is 95.2 cm³/mol. The predicted octanol–water partition coefficient (Wildman–Crippen LogP) is 3.11. The first-order valence-electron chi connectivity index (χ1n) is 8.05. The van der Waals surface area contributed by atoms with E-state index in [9.17, 15) is 14.9 Å². The highest BCUT2D eigenvalue weighted by atomic mass is 16.2. The van der Waals surface area contributed by atoms with E-state index < -0.39 is 5.91 Å². The van der Waals surface area contributed by atoms with Crippen molar-refractivity contribution >= 4 is 23.2 Å². The zero-order valence-corrected chi connectivity index (χ0v) is 14.4. The van der Waals surface area contributed by atoms with Gasteiger partial charge in [0.1, 0.15) is 11.6 Å². The van der Waals surface area contributed by atoms with Crippen molar-refractivity contribution in [2.24, 2.45) is 0 Å². The number of carbonyl (C=O) groups excluding carboxylic acids is 2. The molecule has 1 aromatic carbocycles. The lowest BCUT2D eigenvalue weighted by Crippen LogP contribution is -2.22. The van der Waals surface area contributed by atoms with Gasteiger partial charge < -0.3 is 15.5 Å². The lowest BCUT2D eigenvalue weighted by molar-refractivity contribution is -0.114. The molecular formula is C18H24N4O2. The maximum Gasteiger partial charge on any atom is 0.267 e. The molecule has 0 saturated heterocycles. The Kier molecular flexibility index (Phi) is 8.06. The standard InChI is InChI=1S/C18H24N4O2/c1-4-10-22(11-5-2)13-15(12-19)18(24)21-17-8-6-16(7-9-17)20-14(3)23/h6-9,13H,4-5,10-11H2,1-3H3,(H,20,23)(H,21,24)/b15-13-. The van der Waals surface area contributed by atoms with Gasteiger partial charge in [0.2, 0.25) is 5.91 Å². The van der Waals surface area contributed by atoms with Crippen molar-refractivity contribution in [2.75, 3.05) is 23.7 Å². The van der Waals surface area contributed by atoms with Gasteiger partial charge in [0.05, 0.1) is 0 Å². The molecule has 2 N–H and O–H groups in total. The zero-order valence-electron chi connectivity index (χ0n) is 14.4. The van der Waals surface area contributed by atoms with Crippen molar-refractivity contribution in [2.45, 2.75) is 33.6 Å². The molecule has 6 heteroatoms. The minimum absolute atomic E-state index is 0.0721. The number of amides is 2. The van der Waals surface area contributed by atoms with Gasteiger partial charge >= 0.3 is 0 Å². The van der Waals surface area contributed by atoms with Crippen LogP contribution in [0.15, 0.2) is 36.0 Å².